The Kier molecular flexibility index (Phi) is 5.48. The van der Waals surface area contributed by atoms with Crippen LogP contribution in [0.3, 0.4) is 0 Å². The van der Waals surface area contributed by atoms with Crippen molar-refractivity contribution in [1.82, 2.24) is 5.16 Å². The van der Waals surface area contributed by atoms with E-state index in [4.69, 9.17) is 18.7 Å². The number of methoxy groups -OCH3 is 2. The number of benzene rings is 2. The largest absolute Gasteiger partial charge is 0.497 e. The molecule has 1 unspecified atom stereocenters. The predicted molar refractivity (Wildman–Crippen MR) is 108 cm³/mol. The third-order valence-electron chi connectivity index (χ3n) is 4.93. The van der Waals surface area contributed by atoms with Crippen molar-refractivity contribution in [3.05, 3.63) is 60.3 Å². The van der Waals surface area contributed by atoms with E-state index < -0.39 is 0 Å². The Bertz CT molecular complexity index is 980. The molecule has 0 aliphatic carbocycles. The van der Waals surface area contributed by atoms with Gasteiger partial charge >= 0.3 is 0 Å². The molecule has 29 heavy (non-hydrogen) atoms. The van der Waals surface area contributed by atoms with Crippen molar-refractivity contribution < 1.29 is 23.5 Å². The van der Waals surface area contributed by atoms with Crippen LogP contribution < -0.4 is 14.4 Å². The molecule has 0 N–H and O–H groups in total. The third-order valence-corrected chi connectivity index (χ3v) is 4.93. The predicted octanol–water partition coefficient (Wildman–Crippen LogP) is 3.79. The van der Waals surface area contributed by atoms with E-state index in [1.165, 1.54) is 0 Å². The fourth-order valence-electron chi connectivity index (χ4n) is 3.44. The van der Waals surface area contributed by atoms with Crippen LogP contribution in [0.5, 0.6) is 11.5 Å². The van der Waals surface area contributed by atoms with E-state index >= 15 is 0 Å². The highest BCUT2D eigenvalue weighted by Gasteiger charge is 2.31. The molecule has 150 valence electrons. The van der Waals surface area contributed by atoms with Gasteiger partial charge in [0.15, 0.2) is 11.5 Å². The maximum Gasteiger partial charge on any atom is 0.280 e. The van der Waals surface area contributed by atoms with Crippen molar-refractivity contribution >= 4 is 11.6 Å². The van der Waals surface area contributed by atoms with Crippen LogP contribution in [-0.4, -0.2) is 44.5 Å². The van der Waals surface area contributed by atoms with E-state index in [2.05, 4.69) is 5.16 Å². The average Bonchev–Trinajstić information content (AvgIpc) is 3.47. The summed E-state index contributed by atoms with van der Waals surface area (Å²) in [5.41, 5.74) is 1.69. The van der Waals surface area contributed by atoms with E-state index in [9.17, 15) is 4.79 Å². The van der Waals surface area contributed by atoms with Gasteiger partial charge in [0.2, 0.25) is 0 Å². The minimum atomic E-state index is -0.233. The Hall–Kier alpha value is -3.32. The Morgan fingerprint density at radius 2 is 1.93 bits per heavy atom. The van der Waals surface area contributed by atoms with E-state index in [0.29, 0.717) is 36.0 Å². The lowest BCUT2D eigenvalue weighted by molar-refractivity contribution is 0.0963. The molecular formula is C22H22N2O5. The Morgan fingerprint density at radius 1 is 1.10 bits per heavy atom. The molecule has 4 rings (SSSR count). The molecule has 1 saturated heterocycles. The highest BCUT2D eigenvalue weighted by molar-refractivity contribution is 6.05. The van der Waals surface area contributed by atoms with E-state index in [-0.39, 0.29) is 17.6 Å². The molecule has 7 heteroatoms. The van der Waals surface area contributed by atoms with Gasteiger partial charge in [-0.05, 0) is 36.8 Å². The van der Waals surface area contributed by atoms with Crippen molar-refractivity contribution in [2.75, 3.05) is 32.3 Å². The monoisotopic (exact) mass is 394 g/mol. The van der Waals surface area contributed by atoms with Gasteiger partial charge in [0.25, 0.3) is 5.91 Å². The first-order valence-electron chi connectivity index (χ1n) is 9.36. The summed E-state index contributed by atoms with van der Waals surface area (Å²) < 4.78 is 21.7. The van der Waals surface area contributed by atoms with Crippen molar-refractivity contribution in [1.29, 1.82) is 0 Å². The summed E-state index contributed by atoms with van der Waals surface area (Å²) in [7, 11) is 3.16. The lowest BCUT2D eigenvalue weighted by atomic mass is 10.1. The Morgan fingerprint density at radius 3 is 2.62 bits per heavy atom. The third kappa shape index (κ3) is 3.82. The van der Waals surface area contributed by atoms with Crippen molar-refractivity contribution in [2.45, 2.75) is 12.5 Å². The summed E-state index contributed by atoms with van der Waals surface area (Å²) >= 11 is 0. The van der Waals surface area contributed by atoms with E-state index in [1.807, 2.05) is 30.3 Å². The first kappa shape index (κ1) is 19.0. The minimum absolute atomic E-state index is 0.0450. The Balaban J connectivity index is 1.68. The summed E-state index contributed by atoms with van der Waals surface area (Å²) in [5.74, 6) is 1.45. The molecule has 0 saturated carbocycles. The van der Waals surface area contributed by atoms with Gasteiger partial charge in [-0.15, -0.1) is 0 Å². The average molecular weight is 394 g/mol. The number of carbonyl (C=O) groups excluding carboxylic acids is 1. The van der Waals surface area contributed by atoms with Crippen LogP contribution in [0, 0.1) is 0 Å². The molecule has 7 nitrogen and oxygen atoms in total. The summed E-state index contributed by atoms with van der Waals surface area (Å²) in [4.78, 5) is 15.1. The second-order valence-electron chi connectivity index (χ2n) is 6.67. The molecule has 3 aromatic rings. The zero-order valence-electron chi connectivity index (χ0n) is 16.3. The van der Waals surface area contributed by atoms with Gasteiger partial charge in [-0.2, -0.15) is 0 Å². The number of hydrogen-bond acceptors (Lipinski definition) is 6. The first-order chi connectivity index (χ1) is 14.2. The summed E-state index contributed by atoms with van der Waals surface area (Å²) in [6.07, 6.45) is 0.773. The van der Waals surface area contributed by atoms with Gasteiger partial charge in [-0.1, -0.05) is 23.4 Å². The van der Waals surface area contributed by atoms with Gasteiger partial charge in [0.1, 0.15) is 11.5 Å². The van der Waals surface area contributed by atoms with Crippen LogP contribution in [-0.2, 0) is 4.74 Å². The second-order valence-corrected chi connectivity index (χ2v) is 6.67. The molecule has 1 atom stereocenters. The van der Waals surface area contributed by atoms with Crippen LogP contribution in [0.4, 0.5) is 5.69 Å². The van der Waals surface area contributed by atoms with E-state index in [0.717, 1.165) is 12.1 Å². The number of hydrogen-bond donors (Lipinski definition) is 0. The molecule has 0 bridgehead atoms. The van der Waals surface area contributed by atoms with Crippen molar-refractivity contribution in [3.63, 3.8) is 0 Å². The van der Waals surface area contributed by atoms with Gasteiger partial charge in [0.05, 0.1) is 32.4 Å². The molecule has 1 aromatic heterocycles. The molecule has 1 aliphatic heterocycles. The van der Waals surface area contributed by atoms with Gasteiger partial charge < -0.3 is 23.6 Å². The zero-order valence-corrected chi connectivity index (χ0v) is 16.3. The fourth-order valence-corrected chi connectivity index (χ4v) is 3.44. The minimum Gasteiger partial charge on any atom is -0.497 e. The normalized spacial score (nSPS) is 15.9. The van der Waals surface area contributed by atoms with Crippen molar-refractivity contribution in [2.24, 2.45) is 0 Å². The molecule has 2 aromatic carbocycles. The SMILES string of the molecule is COc1ccc(OC)c(-c2cc(C(=O)N(c3ccccc3)C3CCOC3)no2)c1. The highest BCUT2D eigenvalue weighted by atomic mass is 16.5. The van der Waals surface area contributed by atoms with Crippen LogP contribution in [0.2, 0.25) is 0 Å². The second kappa shape index (κ2) is 8.36. The maximum absolute atomic E-state index is 13.3. The standard InChI is InChI=1S/C22H22N2O5/c1-26-17-8-9-20(27-2)18(12-17)21-13-19(23-29-21)22(25)24(16-10-11-28-14-16)15-6-4-3-5-7-15/h3-9,12-13,16H,10-11,14H2,1-2H3. The molecular weight excluding hydrogens is 372 g/mol. The number of carbonyl (C=O) groups is 1. The number of rotatable bonds is 6. The lowest BCUT2D eigenvalue weighted by Crippen LogP contribution is -2.41. The van der Waals surface area contributed by atoms with E-state index in [1.54, 1.807) is 43.4 Å². The number of nitrogens with zero attached hydrogens (tertiary/aromatic N) is 2. The smallest absolute Gasteiger partial charge is 0.280 e. The van der Waals surface area contributed by atoms with Crippen LogP contribution in [0.1, 0.15) is 16.9 Å². The van der Waals surface area contributed by atoms with Crippen LogP contribution in [0.25, 0.3) is 11.3 Å². The van der Waals surface area contributed by atoms with Gasteiger partial charge in [-0.25, -0.2) is 0 Å². The zero-order chi connectivity index (χ0) is 20.2. The molecule has 1 fully saturated rings. The van der Waals surface area contributed by atoms with Gasteiger partial charge in [-0.3, -0.25) is 4.79 Å². The summed E-state index contributed by atoms with van der Waals surface area (Å²) in [6.45, 7) is 1.13. The van der Waals surface area contributed by atoms with Crippen LogP contribution in [0.15, 0.2) is 59.1 Å². The number of ether oxygens (including phenoxy) is 3. The maximum atomic E-state index is 13.3. The number of amides is 1. The first-order valence-corrected chi connectivity index (χ1v) is 9.36. The lowest BCUT2D eigenvalue weighted by Gasteiger charge is -2.27. The number of aromatic nitrogens is 1. The fraction of sp³-hybridized carbons (Fsp3) is 0.273. The summed E-state index contributed by atoms with van der Waals surface area (Å²) in [5, 5.41) is 4.04. The summed E-state index contributed by atoms with van der Waals surface area (Å²) in [6, 6.07) is 16.5. The topological polar surface area (TPSA) is 74.0 Å². The van der Waals surface area contributed by atoms with Crippen molar-refractivity contribution in [3.8, 4) is 22.8 Å². The quantitative estimate of drug-likeness (QED) is 0.633. The molecule has 1 aliphatic rings. The molecule has 2 heterocycles. The number of anilines is 1. The molecule has 0 spiro atoms. The Labute approximate surface area is 168 Å². The van der Waals surface area contributed by atoms with Gasteiger partial charge in [0, 0.05) is 18.4 Å². The number of para-hydroxylation sites is 1. The highest BCUT2D eigenvalue weighted by Crippen LogP contribution is 2.34. The molecule has 0 radical (unpaired) electrons. The van der Waals surface area contributed by atoms with Crippen LogP contribution >= 0.6 is 0 Å². The molecule has 1 amide bonds.